The lowest BCUT2D eigenvalue weighted by Crippen LogP contribution is -2.52. The first-order valence-electron chi connectivity index (χ1n) is 7.97. The van der Waals surface area contributed by atoms with Gasteiger partial charge in [-0.15, -0.1) is 0 Å². The van der Waals surface area contributed by atoms with Gasteiger partial charge in [-0.05, 0) is 44.2 Å². The van der Waals surface area contributed by atoms with E-state index in [2.05, 4.69) is 19.2 Å². The summed E-state index contributed by atoms with van der Waals surface area (Å²) in [6.07, 6.45) is -1.47. The number of carboxylic acid groups (broad SMARTS) is 1. The van der Waals surface area contributed by atoms with E-state index in [1.807, 2.05) is 12.1 Å². The first-order chi connectivity index (χ1) is 11.0. The molecule has 0 unspecified atom stereocenters. The largest absolute Gasteiger partial charge is 0.548 e. The molecule has 1 aromatic rings. The summed E-state index contributed by atoms with van der Waals surface area (Å²) in [5.41, 5.74) is 0.697. The van der Waals surface area contributed by atoms with Crippen molar-refractivity contribution in [3.05, 3.63) is 35.4 Å². The van der Waals surface area contributed by atoms with E-state index < -0.39 is 29.8 Å². The fourth-order valence-corrected chi connectivity index (χ4v) is 2.22. The summed E-state index contributed by atoms with van der Waals surface area (Å²) in [5, 5.41) is 23.7. The van der Waals surface area contributed by atoms with Crippen molar-refractivity contribution in [2.45, 2.75) is 58.8 Å². The van der Waals surface area contributed by atoms with Crippen LogP contribution in [0.1, 0.15) is 51.8 Å². The summed E-state index contributed by atoms with van der Waals surface area (Å²) >= 11 is 0. The normalized spacial score (nSPS) is 14.1. The minimum absolute atomic E-state index is 0.382. The van der Waals surface area contributed by atoms with Gasteiger partial charge in [-0.2, -0.15) is 0 Å². The van der Waals surface area contributed by atoms with Crippen molar-refractivity contribution in [2.75, 3.05) is 0 Å². The number of benzene rings is 1. The highest BCUT2D eigenvalue weighted by molar-refractivity contribution is 5.79. The molecule has 1 aromatic carbocycles. The topological polar surface area (TPSA) is 98.7 Å². The smallest absolute Gasteiger partial charge is 0.408 e. The summed E-state index contributed by atoms with van der Waals surface area (Å²) < 4.78 is 5.01. The molecule has 0 saturated carbocycles. The van der Waals surface area contributed by atoms with Gasteiger partial charge >= 0.3 is 6.09 Å². The first-order valence-corrected chi connectivity index (χ1v) is 7.97. The van der Waals surface area contributed by atoms with E-state index in [1.54, 1.807) is 32.9 Å². The Balaban J connectivity index is 2.84. The fraction of sp³-hybridized carbons (Fsp3) is 0.556. The third-order valence-corrected chi connectivity index (χ3v) is 3.21. The molecule has 0 bridgehead atoms. The number of ether oxygens (including phenoxy) is 1. The Morgan fingerprint density at radius 1 is 1.21 bits per heavy atom. The number of carboxylic acids is 1. The van der Waals surface area contributed by atoms with Crippen molar-refractivity contribution >= 4 is 12.1 Å². The van der Waals surface area contributed by atoms with E-state index >= 15 is 0 Å². The van der Waals surface area contributed by atoms with Crippen molar-refractivity contribution < 1.29 is 24.5 Å². The number of hydrogen-bond donors (Lipinski definition) is 2. The summed E-state index contributed by atoms with van der Waals surface area (Å²) in [6, 6.07) is 5.36. The lowest BCUT2D eigenvalue weighted by atomic mass is 9.97. The first kappa shape index (κ1) is 20.0. The van der Waals surface area contributed by atoms with Crippen LogP contribution < -0.4 is 10.4 Å². The highest BCUT2D eigenvalue weighted by Gasteiger charge is 2.26. The average Bonchev–Trinajstić information content (AvgIpc) is 2.42. The molecule has 1 rings (SSSR count). The zero-order chi connectivity index (χ0) is 18.5. The number of carbonyl (C=O) groups excluding carboxylic acids is 2. The third-order valence-electron chi connectivity index (χ3n) is 3.21. The number of alkyl carbamates (subject to hydrolysis) is 1. The van der Waals surface area contributed by atoms with Crippen molar-refractivity contribution in [3.63, 3.8) is 0 Å². The number of rotatable bonds is 6. The van der Waals surface area contributed by atoms with E-state index in [-0.39, 0.29) is 0 Å². The molecule has 2 atom stereocenters. The maximum absolute atomic E-state index is 11.7. The number of nitrogens with one attached hydrogen (secondary N) is 1. The molecule has 2 N–H and O–H groups in total. The van der Waals surface area contributed by atoms with E-state index in [0.717, 1.165) is 12.0 Å². The lowest BCUT2D eigenvalue weighted by molar-refractivity contribution is -0.310. The molecular formula is C18H26NO5-. The predicted octanol–water partition coefficient (Wildman–Crippen LogP) is 1.56. The number of aliphatic hydroxyl groups excluding tert-OH is 1. The second-order valence-corrected chi connectivity index (χ2v) is 7.23. The summed E-state index contributed by atoms with van der Waals surface area (Å²) in [4.78, 5) is 23.0. The number of aliphatic carboxylic acids is 1. The Labute approximate surface area is 142 Å². The predicted molar refractivity (Wildman–Crippen MR) is 88.1 cm³/mol. The Hall–Kier alpha value is -2.08. The van der Waals surface area contributed by atoms with Crippen LogP contribution in [0.4, 0.5) is 4.79 Å². The Morgan fingerprint density at radius 2 is 1.75 bits per heavy atom. The van der Waals surface area contributed by atoms with E-state index in [0.29, 0.717) is 11.5 Å². The Morgan fingerprint density at radius 3 is 2.17 bits per heavy atom. The van der Waals surface area contributed by atoms with Crippen molar-refractivity contribution in [1.82, 2.24) is 5.32 Å². The van der Waals surface area contributed by atoms with Crippen LogP contribution in [0.15, 0.2) is 24.3 Å². The number of hydrogen-bond acceptors (Lipinski definition) is 5. The Kier molecular flexibility index (Phi) is 6.78. The minimum Gasteiger partial charge on any atom is -0.548 e. The van der Waals surface area contributed by atoms with Gasteiger partial charge < -0.3 is 25.1 Å². The van der Waals surface area contributed by atoms with Crippen LogP contribution in [0.3, 0.4) is 0 Å². The van der Waals surface area contributed by atoms with Gasteiger partial charge in [0.2, 0.25) is 0 Å². The number of carbonyl (C=O) groups is 2. The van der Waals surface area contributed by atoms with Gasteiger partial charge in [0, 0.05) is 0 Å². The molecule has 6 nitrogen and oxygen atoms in total. The number of amides is 1. The van der Waals surface area contributed by atoms with Gasteiger partial charge in [-0.25, -0.2) is 4.79 Å². The van der Waals surface area contributed by atoms with Crippen LogP contribution in [0, 0.1) is 5.92 Å². The maximum Gasteiger partial charge on any atom is 0.408 e. The van der Waals surface area contributed by atoms with Crippen molar-refractivity contribution in [2.24, 2.45) is 5.92 Å². The second-order valence-electron chi connectivity index (χ2n) is 7.23. The summed E-state index contributed by atoms with van der Waals surface area (Å²) in [5.74, 6) is -1.09. The molecule has 0 aromatic heterocycles. The summed E-state index contributed by atoms with van der Waals surface area (Å²) in [7, 11) is 0. The van der Waals surface area contributed by atoms with Crippen LogP contribution in [0.2, 0.25) is 0 Å². The third kappa shape index (κ3) is 6.58. The van der Waals surface area contributed by atoms with E-state index in [9.17, 15) is 19.8 Å². The van der Waals surface area contributed by atoms with Crippen molar-refractivity contribution in [1.29, 1.82) is 0 Å². The molecule has 24 heavy (non-hydrogen) atoms. The van der Waals surface area contributed by atoms with Gasteiger partial charge in [-0.1, -0.05) is 38.1 Å². The summed E-state index contributed by atoms with van der Waals surface area (Å²) in [6.45, 7) is 9.17. The van der Waals surface area contributed by atoms with Gasteiger partial charge in [0.25, 0.3) is 0 Å². The molecule has 134 valence electrons. The highest BCUT2D eigenvalue weighted by Crippen LogP contribution is 2.19. The zero-order valence-electron chi connectivity index (χ0n) is 14.8. The quantitative estimate of drug-likeness (QED) is 0.821. The molecule has 0 fully saturated rings. The van der Waals surface area contributed by atoms with Crippen LogP contribution in [0.5, 0.6) is 0 Å². The highest BCUT2D eigenvalue weighted by atomic mass is 16.6. The van der Waals surface area contributed by atoms with E-state index in [4.69, 9.17) is 4.74 Å². The van der Waals surface area contributed by atoms with Gasteiger partial charge in [0.1, 0.15) is 17.7 Å². The molecule has 0 aliphatic heterocycles. The van der Waals surface area contributed by atoms with Gasteiger partial charge in [-0.3, -0.25) is 0 Å². The Bertz CT molecular complexity index is 560. The molecule has 1 amide bonds. The molecule has 6 heteroatoms. The molecule has 0 heterocycles. The molecule has 0 radical (unpaired) electrons. The van der Waals surface area contributed by atoms with Crippen LogP contribution in [0.25, 0.3) is 0 Å². The SMILES string of the molecule is CC(C)Cc1ccc([C@@H](O)[C@H](NC(=O)OC(C)(C)C)C(=O)[O-])cc1. The number of aliphatic hydroxyl groups is 1. The van der Waals surface area contributed by atoms with Gasteiger partial charge in [0.15, 0.2) is 0 Å². The standard InChI is InChI=1S/C18H27NO5/c1-11(2)10-12-6-8-13(9-7-12)15(20)14(16(21)22)19-17(23)24-18(3,4)5/h6-9,11,14-15,20H,10H2,1-5H3,(H,19,23)(H,21,22)/p-1/t14-,15+/m0/s1. The second kappa shape index (κ2) is 8.15. The molecule has 0 saturated heterocycles. The van der Waals surface area contributed by atoms with E-state index in [1.165, 1.54) is 0 Å². The van der Waals surface area contributed by atoms with Crippen LogP contribution in [-0.4, -0.2) is 28.8 Å². The monoisotopic (exact) mass is 336 g/mol. The molecule has 0 aliphatic rings. The lowest BCUT2D eigenvalue weighted by Gasteiger charge is -2.27. The van der Waals surface area contributed by atoms with Gasteiger partial charge in [0.05, 0.1) is 5.97 Å². The molecule has 0 spiro atoms. The minimum atomic E-state index is -1.60. The maximum atomic E-state index is 11.7. The molecular weight excluding hydrogens is 310 g/mol. The van der Waals surface area contributed by atoms with Crippen molar-refractivity contribution in [3.8, 4) is 0 Å². The van der Waals surface area contributed by atoms with Crippen LogP contribution >= 0.6 is 0 Å². The average molecular weight is 336 g/mol. The fourth-order valence-electron chi connectivity index (χ4n) is 2.22. The zero-order valence-corrected chi connectivity index (χ0v) is 14.8. The van der Waals surface area contributed by atoms with Crippen LogP contribution in [-0.2, 0) is 16.0 Å². The molecule has 0 aliphatic carbocycles.